The lowest BCUT2D eigenvalue weighted by Crippen LogP contribution is -2.26. The van der Waals surface area contributed by atoms with Crippen LogP contribution in [-0.2, 0) is 5.60 Å². The molecule has 2 aromatic rings. The van der Waals surface area contributed by atoms with Crippen molar-refractivity contribution in [2.75, 3.05) is 7.11 Å². The molecule has 2 rings (SSSR count). The Bertz CT molecular complexity index is 638. The normalized spacial score (nSPS) is 11.0. The van der Waals surface area contributed by atoms with E-state index in [1.807, 2.05) is 19.9 Å². The minimum absolute atomic E-state index is 0.0614. The lowest BCUT2D eigenvalue weighted by molar-refractivity contribution is 0.0667. The molecule has 1 heterocycles. The summed E-state index contributed by atoms with van der Waals surface area (Å²) >= 11 is 0. The van der Waals surface area contributed by atoms with Gasteiger partial charge in [-0.2, -0.15) is 0 Å². The van der Waals surface area contributed by atoms with Gasteiger partial charge in [-0.3, -0.25) is 4.98 Å². The Labute approximate surface area is 123 Å². The Morgan fingerprint density at radius 3 is 2.57 bits per heavy atom. The molecule has 0 unspecified atom stereocenters. The molecule has 1 N–H and O–H groups in total. The summed E-state index contributed by atoms with van der Waals surface area (Å²) in [6.45, 7) is 3.70. The second kappa shape index (κ2) is 5.83. The SMILES string of the molecule is COc1cccc(C(=O)O)c1OC(C)(C)c1cccnc1. The van der Waals surface area contributed by atoms with Crippen molar-refractivity contribution in [3.63, 3.8) is 0 Å². The predicted molar refractivity (Wildman–Crippen MR) is 77.8 cm³/mol. The fourth-order valence-corrected chi connectivity index (χ4v) is 1.98. The number of carboxylic acids is 1. The van der Waals surface area contributed by atoms with Gasteiger partial charge in [-0.25, -0.2) is 4.79 Å². The van der Waals surface area contributed by atoms with Gasteiger partial charge in [0.15, 0.2) is 11.5 Å². The molecule has 0 amide bonds. The van der Waals surface area contributed by atoms with Crippen LogP contribution in [-0.4, -0.2) is 23.2 Å². The summed E-state index contributed by atoms with van der Waals surface area (Å²) in [6, 6.07) is 8.45. The lowest BCUT2D eigenvalue weighted by atomic mass is 10.00. The topological polar surface area (TPSA) is 68.7 Å². The number of rotatable bonds is 5. The van der Waals surface area contributed by atoms with Gasteiger partial charge in [0.05, 0.1) is 7.11 Å². The number of benzene rings is 1. The van der Waals surface area contributed by atoms with Crippen molar-refractivity contribution >= 4 is 5.97 Å². The number of nitrogens with zero attached hydrogens (tertiary/aromatic N) is 1. The van der Waals surface area contributed by atoms with E-state index >= 15 is 0 Å². The Hall–Kier alpha value is -2.56. The van der Waals surface area contributed by atoms with Crippen molar-refractivity contribution in [1.82, 2.24) is 4.98 Å². The average Bonchev–Trinajstić information content (AvgIpc) is 2.47. The zero-order valence-corrected chi connectivity index (χ0v) is 12.2. The number of para-hydroxylation sites is 1. The molecule has 0 radical (unpaired) electrons. The van der Waals surface area contributed by atoms with Gasteiger partial charge in [0.1, 0.15) is 11.2 Å². The number of aromatic nitrogens is 1. The van der Waals surface area contributed by atoms with Crippen LogP contribution in [0.2, 0.25) is 0 Å². The number of aromatic carboxylic acids is 1. The molecule has 0 aliphatic rings. The summed E-state index contributed by atoms with van der Waals surface area (Å²) in [6.07, 6.45) is 3.36. The molecule has 110 valence electrons. The first-order valence-electron chi connectivity index (χ1n) is 6.45. The molecule has 1 aromatic heterocycles. The van der Waals surface area contributed by atoms with Crippen LogP contribution in [0.1, 0.15) is 29.8 Å². The molecule has 0 saturated carbocycles. The van der Waals surface area contributed by atoms with Crippen LogP contribution in [0, 0.1) is 0 Å². The van der Waals surface area contributed by atoms with Crippen molar-refractivity contribution in [2.24, 2.45) is 0 Å². The van der Waals surface area contributed by atoms with Gasteiger partial charge < -0.3 is 14.6 Å². The van der Waals surface area contributed by atoms with Crippen molar-refractivity contribution in [3.8, 4) is 11.5 Å². The van der Waals surface area contributed by atoms with Gasteiger partial charge in [-0.05, 0) is 32.0 Å². The molecular formula is C16H17NO4. The van der Waals surface area contributed by atoms with Gasteiger partial charge in [-0.15, -0.1) is 0 Å². The number of ether oxygens (including phenoxy) is 2. The summed E-state index contributed by atoms with van der Waals surface area (Å²) in [4.78, 5) is 15.4. The predicted octanol–water partition coefficient (Wildman–Crippen LogP) is 3.10. The van der Waals surface area contributed by atoms with E-state index < -0.39 is 11.6 Å². The molecule has 5 heteroatoms. The van der Waals surface area contributed by atoms with E-state index in [4.69, 9.17) is 9.47 Å². The maximum Gasteiger partial charge on any atom is 0.339 e. The van der Waals surface area contributed by atoms with Crippen LogP contribution in [0.3, 0.4) is 0 Å². The highest BCUT2D eigenvalue weighted by Crippen LogP contribution is 2.36. The monoisotopic (exact) mass is 287 g/mol. The van der Waals surface area contributed by atoms with E-state index in [1.165, 1.54) is 13.2 Å². The molecule has 0 aliphatic heterocycles. The van der Waals surface area contributed by atoms with E-state index in [9.17, 15) is 9.90 Å². The Kier molecular flexibility index (Phi) is 4.12. The zero-order chi connectivity index (χ0) is 15.5. The smallest absolute Gasteiger partial charge is 0.339 e. The van der Waals surface area contributed by atoms with Crippen LogP contribution in [0.4, 0.5) is 0 Å². The van der Waals surface area contributed by atoms with Crippen LogP contribution in [0.5, 0.6) is 11.5 Å². The zero-order valence-electron chi connectivity index (χ0n) is 12.2. The van der Waals surface area contributed by atoms with Gasteiger partial charge in [0, 0.05) is 18.0 Å². The Morgan fingerprint density at radius 1 is 1.24 bits per heavy atom. The first kappa shape index (κ1) is 14.8. The standard InChI is InChI=1S/C16H17NO4/c1-16(2,11-6-5-9-17-10-11)21-14-12(15(18)19)7-4-8-13(14)20-3/h4-10H,1-3H3,(H,18,19). The van der Waals surface area contributed by atoms with Crippen LogP contribution >= 0.6 is 0 Å². The van der Waals surface area contributed by atoms with Crippen molar-refractivity contribution < 1.29 is 19.4 Å². The Balaban J connectivity index is 2.45. The largest absolute Gasteiger partial charge is 0.493 e. The summed E-state index contributed by atoms with van der Waals surface area (Å²) in [7, 11) is 1.48. The van der Waals surface area contributed by atoms with E-state index in [0.717, 1.165) is 5.56 Å². The first-order valence-corrected chi connectivity index (χ1v) is 6.45. The summed E-state index contributed by atoms with van der Waals surface area (Å²) in [5, 5.41) is 9.31. The molecule has 0 bridgehead atoms. The molecule has 0 fully saturated rings. The number of methoxy groups -OCH3 is 1. The summed E-state index contributed by atoms with van der Waals surface area (Å²) in [5.74, 6) is -0.473. The minimum Gasteiger partial charge on any atom is -0.493 e. The third-order valence-electron chi connectivity index (χ3n) is 3.14. The van der Waals surface area contributed by atoms with Gasteiger partial charge in [-0.1, -0.05) is 12.1 Å². The third-order valence-corrected chi connectivity index (χ3v) is 3.14. The van der Waals surface area contributed by atoms with Gasteiger partial charge in [0.2, 0.25) is 0 Å². The van der Waals surface area contributed by atoms with Crippen molar-refractivity contribution in [2.45, 2.75) is 19.4 Å². The molecule has 5 nitrogen and oxygen atoms in total. The molecule has 0 aliphatic carbocycles. The van der Waals surface area contributed by atoms with E-state index in [0.29, 0.717) is 5.75 Å². The highest BCUT2D eigenvalue weighted by Gasteiger charge is 2.27. The van der Waals surface area contributed by atoms with Gasteiger partial charge >= 0.3 is 5.97 Å². The molecule has 21 heavy (non-hydrogen) atoms. The Morgan fingerprint density at radius 2 is 2.00 bits per heavy atom. The maximum absolute atomic E-state index is 11.4. The fourth-order valence-electron chi connectivity index (χ4n) is 1.98. The number of pyridine rings is 1. The van der Waals surface area contributed by atoms with E-state index in [-0.39, 0.29) is 11.3 Å². The number of carboxylic acid groups (broad SMARTS) is 1. The highest BCUT2D eigenvalue weighted by atomic mass is 16.5. The maximum atomic E-state index is 11.4. The third kappa shape index (κ3) is 3.13. The summed E-state index contributed by atoms with van der Waals surface area (Å²) < 4.78 is 11.2. The minimum atomic E-state index is -1.06. The van der Waals surface area contributed by atoms with Crippen LogP contribution in [0.25, 0.3) is 0 Å². The van der Waals surface area contributed by atoms with E-state index in [2.05, 4.69) is 4.98 Å². The number of hydrogen-bond acceptors (Lipinski definition) is 4. The fraction of sp³-hybridized carbons (Fsp3) is 0.250. The first-order chi connectivity index (χ1) is 9.95. The molecule has 1 aromatic carbocycles. The molecule has 0 atom stereocenters. The second-order valence-electron chi connectivity index (χ2n) is 5.00. The number of carbonyl (C=O) groups is 1. The molecule has 0 saturated heterocycles. The van der Waals surface area contributed by atoms with Crippen molar-refractivity contribution in [1.29, 1.82) is 0 Å². The van der Waals surface area contributed by atoms with Gasteiger partial charge in [0.25, 0.3) is 0 Å². The highest BCUT2D eigenvalue weighted by molar-refractivity contribution is 5.92. The van der Waals surface area contributed by atoms with Crippen molar-refractivity contribution in [3.05, 3.63) is 53.9 Å². The van der Waals surface area contributed by atoms with E-state index in [1.54, 1.807) is 30.6 Å². The number of hydrogen-bond donors (Lipinski definition) is 1. The quantitative estimate of drug-likeness (QED) is 0.915. The lowest BCUT2D eigenvalue weighted by Gasteiger charge is -2.28. The molecule has 0 spiro atoms. The summed E-state index contributed by atoms with van der Waals surface area (Å²) in [5.41, 5.74) is 0.158. The molecular weight excluding hydrogens is 270 g/mol. The second-order valence-corrected chi connectivity index (χ2v) is 5.00. The van der Waals surface area contributed by atoms with Crippen LogP contribution in [0.15, 0.2) is 42.7 Å². The van der Waals surface area contributed by atoms with Crippen LogP contribution < -0.4 is 9.47 Å². The average molecular weight is 287 g/mol.